The molecule has 0 N–H and O–H groups in total. The first-order valence-electron chi connectivity index (χ1n) is 8.69. The van der Waals surface area contributed by atoms with Crippen LogP contribution in [0.3, 0.4) is 0 Å². The number of halogens is 1. The van der Waals surface area contributed by atoms with E-state index in [1.165, 1.54) is 30.2 Å². The van der Waals surface area contributed by atoms with E-state index in [1.807, 2.05) is 0 Å². The minimum absolute atomic E-state index is 0.0589. The summed E-state index contributed by atoms with van der Waals surface area (Å²) in [5.41, 5.74) is 0.836. The van der Waals surface area contributed by atoms with E-state index in [2.05, 4.69) is 0 Å². The lowest BCUT2D eigenvalue weighted by atomic mass is 9.89. The number of hydrogen-bond donors (Lipinski definition) is 0. The normalized spacial score (nSPS) is 17.4. The van der Waals surface area contributed by atoms with E-state index in [0.29, 0.717) is 31.9 Å². The third-order valence-electron chi connectivity index (χ3n) is 4.58. The Kier molecular flexibility index (Phi) is 5.81. The van der Waals surface area contributed by atoms with Crippen LogP contribution >= 0.6 is 0 Å². The maximum absolute atomic E-state index is 13.0. The topological polar surface area (TPSA) is 76.8 Å². The van der Waals surface area contributed by atoms with Gasteiger partial charge in [-0.1, -0.05) is 12.1 Å². The molecule has 1 fully saturated rings. The molecular formula is C20H20FNO5. The molecule has 1 atom stereocenters. The summed E-state index contributed by atoms with van der Waals surface area (Å²) in [4.78, 5) is 38.5. The molecule has 1 aromatic heterocycles. The minimum atomic E-state index is -1.01. The van der Waals surface area contributed by atoms with Crippen LogP contribution in [0.15, 0.2) is 40.8 Å². The number of methoxy groups -OCH3 is 1. The van der Waals surface area contributed by atoms with Gasteiger partial charge >= 0.3 is 0 Å². The highest BCUT2D eigenvalue weighted by Crippen LogP contribution is 2.22. The van der Waals surface area contributed by atoms with E-state index >= 15 is 0 Å². The molecule has 0 spiro atoms. The van der Waals surface area contributed by atoms with Crippen LogP contribution < -0.4 is 0 Å². The number of ketones is 2. The van der Waals surface area contributed by atoms with E-state index < -0.39 is 23.4 Å². The van der Waals surface area contributed by atoms with Crippen molar-refractivity contribution in [1.29, 1.82) is 0 Å². The van der Waals surface area contributed by atoms with Gasteiger partial charge in [0, 0.05) is 26.6 Å². The number of rotatable bonds is 7. The molecule has 27 heavy (non-hydrogen) atoms. The third-order valence-corrected chi connectivity index (χ3v) is 4.58. The number of furan rings is 1. The van der Waals surface area contributed by atoms with Gasteiger partial charge in [-0.2, -0.15) is 0 Å². The molecule has 6 nitrogen and oxygen atoms in total. The van der Waals surface area contributed by atoms with E-state index in [9.17, 15) is 18.8 Å². The smallest absolute Gasteiger partial charge is 0.290 e. The van der Waals surface area contributed by atoms with E-state index in [0.717, 1.165) is 5.56 Å². The Bertz CT molecular complexity index is 842. The van der Waals surface area contributed by atoms with Crippen molar-refractivity contribution < 1.29 is 27.9 Å². The predicted octanol–water partition coefficient (Wildman–Crippen LogP) is 2.26. The molecule has 0 saturated carbocycles. The average molecular weight is 373 g/mol. The molecule has 2 aromatic rings. The molecule has 7 heteroatoms. The molecule has 1 unspecified atom stereocenters. The number of carbonyl (C=O) groups excluding carboxylic acids is 3. The number of carbonyl (C=O) groups is 3. The molecule has 1 aliphatic heterocycles. The summed E-state index contributed by atoms with van der Waals surface area (Å²) in [6.07, 6.45) is 0.664. The highest BCUT2D eigenvalue weighted by Gasteiger charge is 2.40. The number of benzene rings is 1. The number of piperidine rings is 1. The predicted molar refractivity (Wildman–Crippen MR) is 93.8 cm³/mol. The molecule has 2 heterocycles. The van der Waals surface area contributed by atoms with E-state index in [4.69, 9.17) is 9.15 Å². The first-order chi connectivity index (χ1) is 13.0. The zero-order valence-electron chi connectivity index (χ0n) is 14.9. The van der Waals surface area contributed by atoms with Gasteiger partial charge < -0.3 is 14.1 Å². The fourth-order valence-electron chi connectivity index (χ4n) is 3.07. The Labute approximate surface area is 155 Å². The highest BCUT2D eigenvalue weighted by molar-refractivity contribution is 6.41. The second kappa shape index (κ2) is 8.26. The SMILES string of the molecule is COCCN1CCC(C(=O)c2ccc(Cc3ccc(F)cc3)o2)C(=O)C1=O. The van der Waals surface area contributed by atoms with Crippen molar-refractivity contribution in [2.45, 2.75) is 12.8 Å². The van der Waals surface area contributed by atoms with Gasteiger partial charge in [-0.25, -0.2) is 4.39 Å². The Balaban J connectivity index is 1.66. The Morgan fingerprint density at radius 3 is 2.67 bits per heavy atom. The van der Waals surface area contributed by atoms with Crippen LogP contribution in [0.2, 0.25) is 0 Å². The fraction of sp³-hybridized carbons (Fsp3) is 0.350. The molecule has 142 valence electrons. The Hall–Kier alpha value is -2.80. The summed E-state index contributed by atoms with van der Waals surface area (Å²) >= 11 is 0. The molecule has 0 radical (unpaired) electrons. The zero-order valence-corrected chi connectivity index (χ0v) is 14.9. The molecule has 0 aliphatic carbocycles. The summed E-state index contributed by atoms with van der Waals surface area (Å²) in [6.45, 7) is 0.987. The molecule has 1 saturated heterocycles. The number of hydrogen-bond acceptors (Lipinski definition) is 5. The Morgan fingerprint density at radius 2 is 1.96 bits per heavy atom. The first-order valence-corrected chi connectivity index (χ1v) is 8.69. The summed E-state index contributed by atoms with van der Waals surface area (Å²) in [5, 5.41) is 0. The lowest BCUT2D eigenvalue weighted by Gasteiger charge is -2.29. The number of nitrogens with zero attached hydrogens (tertiary/aromatic N) is 1. The summed E-state index contributed by atoms with van der Waals surface area (Å²) in [7, 11) is 1.52. The lowest BCUT2D eigenvalue weighted by molar-refractivity contribution is -0.149. The van der Waals surface area contributed by atoms with Crippen LogP contribution in [0.4, 0.5) is 4.39 Å². The Morgan fingerprint density at radius 1 is 1.22 bits per heavy atom. The van der Waals surface area contributed by atoms with Crippen molar-refractivity contribution >= 4 is 17.5 Å². The maximum Gasteiger partial charge on any atom is 0.290 e. The number of likely N-dealkylation sites (tertiary alicyclic amines) is 1. The molecule has 0 bridgehead atoms. The summed E-state index contributed by atoms with van der Waals surface area (Å²) in [6, 6.07) is 9.14. The summed E-state index contributed by atoms with van der Waals surface area (Å²) in [5.74, 6) is -2.60. The lowest BCUT2D eigenvalue weighted by Crippen LogP contribution is -2.49. The van der Waals surface area contributed by atoms with Crippen molar-refractivity contribution in [3.05, 3.63) is 59.3 Å². The minimum Gasteiger partial charge on any atom is -0.458 e. The molecule has 1 aliphatic rings. The zero-order chi connectivity index (χ0) is 19.4. The molecule has 1 amide bonds. The average Bonchev–Trinajstić information content (AvgIpc) is 3.13. The number of Topliss-reactive ketones (excluding diaryl/α,β-unsaturated/α-hetero) is 2. The number of amides is 1. The first kappa shape index (κ1) is 19.0. The van der Waals surface area contributed by atoms with Crippen LogP contribution in [0.5, 0.6) is 0 Å². The van der Waals surface area contributed by atoms with Crippen molar-refractivity contribution in [1.82, 2.24) is 4.90 Å². The van der Waals surface area contributed by atoms with Crippen molar-refractivity contribution in [2.24, 2.45) is 5.92 Å². The van der Waals surface area contributed by atoms with E-state index in [-0.39, 0.29) is 18.0 Å². The maximum atomic E-state index is 13.0. The quantitative estimate of drug-likeness (QED) is 0.423. The molecule has 1 aromatic carbocycles. The van der Waals surface area contributed by atoms with Gasteiger partial charge in [0.25, 0.3) is 5.91 Å². The van der Waals surface area contributed by atoms with Crippen molar-refractivity contribution in [2.75, 3.05) is 26.8 Å². The van der Waals surface area contributed by atoms with Gasteiger partial charge in [0.05, 0.1) is 12.5 Å². The summed E-state index contributed by atoms with van der Waals surface area (Å²) < 4.78 is 23.5. The molecular weight excluding hydrogens is 353 g/mol. The van der Waals surface area contributed by atoms with Gasteiger partial charge in [0.15, 0.2) is 5.76 Å². The van der Waals surface area contributed by atoms with Gasteiger partial charge in [-0.3, -0.25) is 14.4 Å². The second-order valence-corrected chi connectivity index (χ2v) is 6.42. The van der Waals surface area contributed by atoms with Gasteiger partial charge in [0.1, 0.15) is 11.6 Å². The van der Waals surface area contributed by atoms with E-state index in [1.54, 1.807) is 18.2 Å². The third kappa shape index (κ3) is 4.31. The second-order valence-electron chi connectivity index (χ2n) is 6.42. The largest absolute Gasteiger partial charge is 0.458 e. The standard InChI is InChI=1S/C20H20FNO5/c1-26-11-10-22-9-8-16(19(24)20(22)25)18(23)17-7-6-15(27-17)12-13-2-4-14(21)5-3-13/h2-7,16H,8-12H2,1H3. The van der Waals surface area contributed by atoms with Crippen LogP contribution in [-0.4, -0.2) is 49.2 Å². The van der Waals surface area contributed by atoms with Crippen LogP contribution in [0.25, 0.3) is 0 Å². The van der Waals surface area contributed by atoms with Gasteiger partial charge in [-0.05, 0) is 36.2 Å². The number of ether oxygens (including phenoxy) is 1. The van der Waals surface area contributed by atoms with Crippen LogP contribution in [0.1, 0.15) is 28.3 Å². The van der Waals surface area contributed by atoms with Crippen LogP contribution in [0, 0.1) is 11.7 Å². The highest BCUT2D eigenvalue weighted by atomic mass is 19.1. The van der Waals surface area contributed by atoms with Gasteiger partial charge in [-0.15, -0.1) is 0 Å². The molecule has 3 rings (SSSR count). The fourth-order valence-corrected chi connectivity index (χ4v) is 3.07. The van der Waals surface area contributed by atoms with Crippen molar-refractivity contribution in [3.8, 4) is 0 Å². The van der Waals surface area contributed by atoms with Gasteiger partial charge in [0.2, 0.25) is 11.6 Å². The monoisotopic (exact) mass is 373 g/mol. The van der Waals surface area contributed by atoms with Crippen LogP contribution in [-0.2, 0) is 20.7 Å². The van der Waals surface area contributed by atoms with Crippen molar-refractivity contribution in [3.63, 3.8) is 0 Å².